The predicted octanol–water partition coefficient (Wildman–Crippen LogP) is 3.15. The number of hydrogen-bond acceptors (Lipinski definition) is 6. The number of aromatic nitrogens is 2. The highest BCUT2D eigenvalue weighted by atomic mass is 32.2. The zero-order valence-electron chi connectivity index (χ0n) is 17.4. The van der Waals surface area contributed by atoms with Crippen LogP contribution in [0.25, 0.3) is 0 Å². The molecule has 31 heavy (non-hydrogen) atoms. The van der Waals surface area contributed by atoms with E-state index < -0.39 is 0 Å². The maximum atomic E-state index is 13.4. The monoisotopic (exact) mass is 443 g/mol. The summed E-state index contributed by atoms with van der Waals surface area (Å²) >= 11 is 1.28. The Morgan fingerprint density at radius 2 is 1.90 bits per heavy atom. The van der Waals surface area contributed by atoms with E-state index in [1.807, 2.05) is 19.1 Å². The highest BCUT2D eigenvalue weighted by molar-refractivity contribution is 7.99. The van der Waals surface area contributed by atoms with Crippen LogP contribution in [0.3, 0.4) is 0 Å². The first kappa shape index (κ1) is 21.5. The van der Waals surface area contributed by atoms with Gasteiger partial charge in [0.25, 0.3) is 0 Å². The molecule has 2 heterocycles. The summed E-state index contributed by atoms with van der Waals surface area (Å²) in [6.45, 7) is 3.37. The smallest absolute Gasteiger partial charge is 0.234 e. The Bertz CT molecular complexity index is 943. The van der Waals surface area contributed by atoms with Gasteiger partial charge >= 0.3 is 0 Å². The molecular weight excluding hydrogens is 417 g/mol. The number of anilines is 2. The molecule has 4 rings (SSSR count). The normalized spacial score (nSPS) is 16.8. The number of benzene rings is 1. The molecule has 2 fully saturated rings. The van der Waals surface area contributed by atoms with E-state index in [2.05, 4.69) is 25.7 Å². The average Bonchev–Trinajstić information content (AvgIpc) is 3.59. The Hall–Kier alpha value is -2.68. The number of halogens is 1. The van der Waals surface area contributed by atoms with Gasteiger partial charge in [0.15, 0.2) is 5.82 Å². The Labute approximate surface area is 185 Å². The molecule has 2 amide bonds. The molecule has 0 radical (unpaired) electrons. The Kier molecular flexibility index (Phi) is 6.70. The lowest BCUT2D eigenvalue weighted by atomic mass is 9.96. The molecule has 2 aromatic rings. The molecule has 0 spiro atoms. The number of thioether (sulfide) groups is 1. The van der Waals surface area contributed by atoms with Crippen LogP contribution in [0, 0.1) is 18.7 Å². The molecule has 164 valence electrons. The Morgan fingerprint density at radius 3 is 2.58 bits per heavy atom. The van der Waals surface area contributed by atoms with Crippen LogP contribution < -0.4 is 15.5 Å². The molecule has 9 heteroatoms. The van der Waals surface area contributed by atoms with E-state index in [0.29, 0.717) is 16.8 Å². The lowest BCUT2D eigenvalue weighted by molar-refractivity contribution is -0.125. The molecular formula is C22H26FN5O2S. The van der Waals surface area contributed by atoms with Gasteiger partial charge < -0.3 is 15.5 Å². The van der Waals surface area contributed by atoms with E-state index >= 15 is 0 Å². The lowest BCUT2D eigenvalue weighted by Gasteiger charge is -2.31. The summed E-state index contributed by atoms with van der Waals surface area (Å²) in [6.07, 6.45) is 3.85. The van der Waals surface area contributed by atoms with E-state index in [1.165, 1.54) is 23.9 Å². The summed E-state index contributed by atoms with van der Waals surface area (Å²) in [7, 11) is 0. The lowest BCUT2D eigenvalue weighted by Crippen LogP contribution is -2.41. The van der Waals surface area contributed by atoms with Crippen LogP contribution in [-0.2, 0) is 9.59 Å². The molecule has 1 aromatic carbocycles. The zero-order chi connectivity index (χ0) is 21.8. The van der Waals surface area contributed by atoms with Crippen LogP contribution in [0.4, 0.5) is 15.9 Å². The van der Waals surface area contributed by atoms with Crippen molar-refractivity contribution in [3.63, 3.8) is 0 Å². The molecule has 7 nitrogen and oxygen atoms in total. The van der Waals surface area contributed by atoms with Gasteiger partial charge in [-0.3, -0.25) is 9.59 Å². The first-order valence-corrected chi connectivity index (χ1v) is 11.5. The molecule has 1 aliphatic carbocycles. The first-order valence-electron chi connectivity index (χ1n) is 10.6. The second-order valence-electron chi connectivity index (χ2n) is 8.07. The van der Waals surface area contributed by atoms with Crippen molar-refractivity contribution in [2.45, 2.75) is 43.7 Å². The minimum absolute atomic E-state index is 0.0832. The molecule has 2 aliphatic rings. The van der Waals surface area contributed by atoms with Gasteiger partial charge in [0, 0.05) is 30.7 Å². The second kappa shape index (κ2) is 9.64. The first-order chi connectivity index (χ1) is 15.0. The summed E-state index contributed by atoms with van der Waals surface area (Å²) in [6, 6.07) is 8.45. The van der Waals surface area contributed by atoms with Gasteiger partial charge in [-0.15, -0.1) is 10.2 Å². The Morgan fingerprint density at radius 1 is 1.13 bits per heavy atom. The van der Waals surface area contributed by atoms with Gasteiger partial charge in [0.05, 0.1) is 5.75 Å². The van der Waals surface area contributed by atoms with E-state index in [1.54, 1.807) is 6.07 Å². The van der Waals surface area contributed by atoms with Crippen LogP contribution in [0.2, 0.25) is 0 Å². The molecule has 0 unspecified atom stereocenters. The van der Waals surface area contributed by atoms with E-state index in [-0.39, 0.29) is 29.3 Å². The standard InChI is InChI=1S/C22H26FN5O2S/c1-14-2-3-16(23)12-18(14)25-20(29)13-31-21-7-6-19(26-27-21)28-10-8-15(9-11-28)22(30)24-17-4-5-17/h2-3,6-7,12,15,17H,4-5,8-11,13H2,1H3,(H,24,30)(H,25,29). The summed E-state index contributed by atoms with van der Waals surface area (Å²) in [5, 5.41) is 15.0. The van der Waals surface area contributed by atoms with Crippen molar-refractivity contribution in [2.24, 2.45) is 5.92 Å². The molecule has 1 aromatic heterocycles. The third kappa shape index (κ3) is 5.94. The fraction of sp³-hybridized carbons (Fsp3) is 0.455. The summed E-state index contributed by atoms with van der Waals surface area (Å²) in [5.74, 6) is 0.599. The van der Waals surface area contributed by atoms with Gasteiger partial charge in [-0.05, 0) is 62.4 Å². The highest BCUT2D eigenvalue weighted by Gasteiger charge is 2.30. The molecule has 1 aliphatic heterocycles. The fourth-order valence-corrected chi connectivity index (χ4v) is 4.14. The second-order valence-corrected chi connectivity index (χ2v) is 9.07. The number of carbonyl (C=O) groups is 2. The number of aryl methyl sites for hydroxylation is 1. The number of piperidine rings is 1. The van der Waals surface area contributed by atoms with E-state index in [4.69, 9.17) is 0 Å². The number of amides is 2. The molecule has 2 N–H and O–H groups in total. The SMILES string of the molecule is Cc1ccc(F)cc1NC(=O)CSc1ccc(N2CCC(C(=O)NC3CC3)CC2)nn1. The summed E-state index contributed by atoms with van der Waals surface area (Å²) in [5.41, 5.74) is 1.28. The number of rotatable bonds is 7. The summed E-state index contributed by atoms with van der Waals surface area (Å²) < 4.78 is 13.4. The van der Waals surface area contributed by atoms with Crippen molar-refractivity contribution in [1.82, 2.24) is 15.5 Å². The van der Waals surface area contributed by atoms with Crippen molar-refractivity contribution < 1.29 is 14.0 Å². The van der Waals surface area contributed by atoms with Gasteiger partial charge in [-0.2, -0.15) is 0 Å². The maximum absolute atomic E-state index is 13.4. The van der Waals surface area contributed by atoms with Crippen LogP contribution in [0.5, 0.6) is 0 Å². The number of carbonyl (C=O) groups excluding carboxylic acids is 2. The fourth-order valence-electron chi connectivity index (χ4n) is 3.53. The molecule has 1 saturated heterocycles. The van der Waals surface area contributed by atoms with Gasteiger partial charge in [-0.1, -0.05) is 17.8 Å². The van der Waals surface area contributed by atoms with Gasteiger partial charge in [-0.25, -0.2) is 4.39 Å². The topological polar surface area (TPSA) is 87.2 Å². The molecule has 0 bridgehead atoms. The van der Waals surface area contributed by atoms with Crippen molar-refractivity contribution in [3.8, 4) is 0 Å². The minimum atomic E-state index is -0.386. The predicted molar refractivity (Wildman–Crippen MR) is 119 cm³/mol. The largest absolute Gasteiger partial charge is 0.355 e. The van der Waals surface area contributed by atoms with Crippen LogP contribution in [-0.4, -0.2) is 46.9 Å². The van der Waals surface area contributed by atoms with Crippen molar-refractivity contribution in [1.29, 1.82) is 0 Å². The number of nitrogens with one attached hydrogen (secondary N) is 2. The highest BCUT2D eigenvalue weighted by Crippen LogP contribution is 2.25. The third-order valence-electron chi connectivity index (χ3n) is 5.56. The summed E-state index contributed by atoms with van der Waals surface area (Å²) in [4.78, 5) is 26.5. The minimum Gasteiger partial charge on any atom is -0.355 e. The number of hydrogen-bond donors (Lipinski definition) is 2. The van der Waals surface area contributed by atoms with Gasteiger partial charge in [0.1, 0.15) is 10.8 Å². The quantitative estimate of drug-likeness (QED) is 0.640. The average molecular weight is 444 g/mol. The zero-order valence-corrected chi connectivity index (χ0v) is 18.3. The van der Waals surface area contributed by atoms with Crippen LogP contribution >= 0.6 is 11.8 Å². The van der Waals surface area contributed by atoms with Crippen LogP contribution in [0.15, 0.2) is 35.4 Å². The maximum Gasteiger partial charge on any atom is 0.234 e. The number of nitrogens with zero attached hydrogens (tertiary/aromatic N) is 3. The van der Waals surface area contributed by atoms with Crippen molar-refractivity contribution in [2.75, 3.05) is 29.1 Å². The van der Waals surface area contributed by atoms with Gasteiger partial charge in [0.2, 0.25) is 11.8 Å². The van der Waals surface area contributed by atoms with Crippen molar-refractivity contribution >= 4 is 35.1 Å². The van der Waals surface area contributed by atoms with E-state index in [9.17, 15) is 14.0 Å². The third-order valence-corrected chi connectivity index (χ3v) is 6.48. The van der Waals surface area contributed by atoms with Crippen molar-refractivity contribution in [3.05, 3.63) is 41.7 Å². The Balaban J connectivity index is 1.23. The van der Waals surface area contributed by atoms with E-state index in [0.717, 1.165) is 50.2 Å². The molecule has 0 atom stereocenters. The van der Waals surface area contributed by atoms with Crippen LogP contribution in [0.1, 0.15) is 31.2 Å². The molecule has 1 saturated carbocycles.